The molecule has 0 fully saturated rings. The second-order valence-electron chi connectivity index (χ2n) is 4.02. The van der Waals surface area contributed by atoms with Crippen LogP contribution in [0.15, 0.2) is 53.0 Å². The number of benzene rings is 3. The van der Waals surface area contributed by atoms with E-state index in [1.807, 2.05) is 0 Å². The highest BCUT2D eigenvalue weighted by Gasteiger charge is 2.10. The average Bonchev–Trinajstić information content (AvgIpc) is 2.40. The molecule has 84 valence electrons. The van der Waals surface area contributed by atoms with Gasteiger partial charge in [0, 0.05) is 9.80 Å². The fourth-order valence-electron chi connectivity index (χ4n) is 2.31. The molecule has 0 unspecified atom stereocenters. The molecule has 3 rings (SSSR count). The van der Waals surface area contributed by atoms with Gasteiger partial charge >= 0.3 is 0 Å². The van der Waals surface area contributed by atoms with Crippen LogP contribution in [0.3, 0.4) is 0 Å². The quantitative estimate of drug-likeness (QED) is 0.393. The smallest absolute Gasteiger partial charge is 0.0332 e. The molecule has 0 radical (unpaired) electrons. The summed E-state index contributed by atoms with van der Waals surface area (Å²) in [4.78, 5) is 0. The highest BCUT2D eigenvalue weighted by atomic mass is 79.9. The van der Waals surface area contributed by atoms with Crippen LogP contribution >= 0.6 is 31.9 Å². The Labute approximate surface area is 117 Å². The van der Waals surface area contributed by atoms with Crippen molar-refractivity contribution in [2.75, 3.05) is 0 Å². The van der Waals surface area contributed by atoms with Crippen molar-refractivity contribution >= 4 is 53.4 Å². The molecule has 0 amide bonds. The van der Waals surface area contributed by atoms with Crippen molar-refractivity contribution < 1.29 is 0 Å². The summed E-state index contributed by atoms with van der Waals surface area (Å²) in [5.41, 5.74) is 1.36. The first kappa shape index (κ1) is 11.2. The van der Waals surface area contributed by atoms with Gasteiger partial charge in [-0.1, -0.05) is 64.5 Å². The molecule has 0 aliphatic rings. The predicted molar refractivity (Wildman–Crippen MR) is 81.8 cm³/mol. The van der Waals surface area contributed by atoms with Gasteiger partial charge in [-0.15, -0.1) is 0 Å². The Balaban J connectivity index is 2.63. The van der Waals surface area contributed by atoms with E-state index in [0.717, 1.165) is 5.33 Å². The van der Waals surface area contributed by atoms with E-state index in [1.165, 1.54) is 31.6 Å². The largest absolute Gasteiger partial charge is 0.0876 e. The molecule has 2 heteroatoms. The van der Waals surface area contributed by atoms with Crippen LogP contribution in [-0.4, -0.2) is 0 Å². The zero-order chi connectivity index (χ0) is 11.8. The topological polar surface area (TPSA) is 0 Å². The fourth-order valence-corrected chi connectivity index (χ4v) is 3.61. The van der Waals surface area contributed by atoms with Gasteiger partial charge in [-0.25, -0.2) is 0 Å². The van der Waals surface area contributed by atoms with E-state index in [4.69, 9.17) is 0 Å². The van der Waals surface area contributed by atoms with Crippen LogP contribution in [0.5, 0.6) is 0 Å². The monoisotopic (exact) mass is 348 g/mol. The van der Waals surface area contributed by atoms with E-state index in [2.05, 4.69) is 80.4 Å². The maximum atomic E-state index is 3.73. The summed E-state index contributed by atoms with van der Waals surface area (Å²) in [7, 11) is 0. The molecule has 0 aliphatic heterocycles. The number of halogens is 2. The van der Waals surface area contributed by atoms with Crippen molar-refractivity contribution in [2.45, 2.75) is 5.33 Å². The molecule has 0 saturated carbocycles. The molecular weight excluding hydrogens is 340 g/mol. The third kappa shape index (κ3) is 1.71. The lowest BCUT2D eigenvalue weighted by Crippen LogP contribution is -1.87. The van der Waals surface area contributed by atoms with Gasteiger partial charge in [0.1, 0.15) is 0 Å². The lowest BCUT2D eigenvalue weighted by Gasteiger charge is -2.11. The van der Waals surface area contributed by atoms with Crippen LogP contribution in [0.4, 0.5) is 0 Å². The average molecular weight is 350 g/mol. The summed E-state index contributed by atoms with van der Waals surface area (Å²) in [6.07, 6.45) is 0. The summed E-state index contributed by atoms with van der Waals surface area (Å²) >= 11 is 7.34. The van der Waals surface area contributed by atoms with E-state index in [0.29, 0.717) is 0 Å². The molecule has 0 nitrogen and oxygen atoms in total. The van der Waals surface area contributed by atoms with E-state index in [1.54, 1.807) is 0 Å². The van der Waals surface area contributed by atoms with Crippen LogP contribution in [0.1, 0.15) is 5.56 Å². The maximum Gasteiger partial charge on any atom is 0.0332 e. The summed E-state index contributed by atoms with van der Waals surface area (Å²) < 4.78 is 1.19. The lowest BCUT2D eigenvalue weighted by molar-refractivity contribution is 1.53. The highest BCUT2D eigenvalue weighted by molar-refractivity contribution is 9.11. The fraction of sp³-hybridized carbons (Fsp3) is 0.0667. The number of fused-ring (bicyclic) bond motifs is 2. The summed E-state index contributed by atoms with van der Waals surface area (Å²) in [6.45, 7) is 0. The van der Waals surface area contributed by atoms with Crippen LogP contribution < -0.4 is 0 Å². The molecule has 0 heterocycles. The van der Waals surface area contributed by atoms with Crippen molar-refractivity contribution in [3.8, 4) is 0 Å². The number of hydrogen-bond donors (Lipinski definition) is 0. The van der Waals surface area contributed by atoms with Gasteiger partial charge in [-0.2, -0.15) is 0 Å². The van der Waals surface area contributed by atoms with E-state index in [9.17, 15) is 0 Å². The minimum Gasteiger partial charge on any atom is -0.0876 e. The van der Waals surface area contributed by atoms with Gasteiger partial charge in [0.15, 0.2) is 0 Å². The first-order valence-corrected chi connectivity index (χ1v) is 7.38. The van der Waals surface area contributed by atoms with Crippen molar-refractivity contribution in [3.63, 3.8) is 0 Å². The minimum atomic E-state index is 0.876. The Hall–Kier alpha value is -0.860. The molecule has 0 N–H and O–H groups in total. The Morgan fingerprint density at radius 3 is 1.53 bits per heavy atom. The molecule has 0 bridgehead atoms. The molecular formula is C15H10Br2. The SMILES string of the molecule is BrCc1c2ccccc2c(Br)c2ccccc12. The van der Waals surface area contributed by atoms with Gasteiger partial charge in [0.05, 0.1) is 0 Å². The van der Waals surface area contributed by atoms with Gasteiger partial charge in [-0.05, 0) is 43.0 Å². The van der Waals surface area contributed by atoms with Crippen LogP contribution in [0.25, 0.3) is 21.5 Å². The number of alkyl halides is 1. The third-order valence-electron chi connectivity index (χ3n) is 3.11. The maximum absolute atomic E-state index is 3.73. The van der Waals surface area contributed by atoms with Crippen LogP contribution in [-0.2, 0) is 5.33 Å². The van der Waals surface area contributed by atoms with Crippen LogP contribution in [0.2, 0.25) is 0 Å². The van der Waals surface area contributed by atoms with Crippen molar-refractivity contribution in [2.24, 2.45) is 0 Å². The first-order valence-electron chi connectivity index (χ1n) is 5.46. The second-order valence-corrected chi connectivity index (χ2v) is 5.37. The van der Waals surface area contributed by atoms with Gasteiger partial charge in [0.25, 0.3) is 0 Å². The van der Waals surface area contributed by atoms with Crippen molar-refractivity contribution in [1.82, 2.24) is 0 Å². The van der Waals surface area contributed by atoms with Gasteiger partial charge < -0.3 is 0 Å². The first-order chi connectivity index (χ1) is 8.33. The lowest BCUT2D eigenvalue weighted by atomic mass is 9.98. The Kier molecular flexibility index (Phi) is 2.93. The molecule has 0 atom stereocenters. The van der Waals surface area contributed by atoms with Gasteiger partial charge in [-0.3, -0.25) is 0 Å². The molecule has 0 aromatic heterocycles. The van der Waals surface area contributed by atoms with Crippen molar-refractivity contribution in [1.29, 1.82) is 0 Å². The van der Waals surface area contributed by atoms with E-state index >= 15 is 0 Å². The minimum absolute atomic E-state index is 0.876. The third-order valence-corrected chi connectivity index (χ3v) is 4.53. The number of hydrogen-bond acceptors (Lipinski definition) is 0. The summed E-state index contributed by atoms with van der Waals surface area (Å²) in [5, 5.41) is 6.06. The Morgan fingerprint density at radius 1 is 0.706 bits per heavy atom. The van der Waals surface area contributed by atoms with Crippen molar-refractivity contribution in [3.05, 3.63) is 58.6 Å². The van der Waals surface area contributed by atoms with Gasteiger partial charge in [0.2, 0.25) is 0 Å². The molecule has 0 saturated heterocycles. The molecule has 3 aromatic rings. The summed E-state index contributed by atoms with van der Waals surface area (Å²) in [6, 6.07) is 17.0. The normalized spacial score (nSPS) is 11.2. The van der Waals surface area contributed by atoms with E-state index < -0.39 is 0 Å². The second kappa shape index (κ2) is 4.43. The zero-order valence-corrected chi connectivity index (χ0v) is 12.3. The summed E-state index contributed by atoms with van der Waals surface area (Å²) in [5.74, 6) is 0. The molecule has 3 aromatic carbocycles. The Bertz CT molecular complexity index is 645. The standard InChI is InChI=1S/C15H10Br2/c16-9-14-10-5-1-3-7-12(10)15(17)13-8-4-2-6-11(13)14/h1-8H,9H2. The highest BCUT2D eigenvalue weighted by Crippen LogP contribution is 2.36. The molecule has 0 spiro atoms. The number of rotatable bonds is 1. The van der Waals surface area contributed by atoms with E-state index in [-0.39, 0.29) is 0 Å². The van der Waals surface area contributed by atoms with Crippen LogP contribution in [0, 0.1) is 0 Å². The zero-order valence-electron chi connectivity index (χ0n) is 9.08. The predicted octanol–water partition coefficient (Wildman–Crippen LogP) is 5.65. The Morgan fingerprint density at radius 2 is 1.12 bits per heavy atom. The molecule has 17 heavy (non-hydrogen) atoms. The molecule has 0 aliphatic carbocycles.